The molecule has 0 atom stereocenters. The van der Waals surface area contributed by atoms with E-state index in [4.69, 9.17) is 14.7 Å². The van der Waals surface area contributed by atoms with Gasteiger partial charge in [-0.25, -0.2) is 0 Å². The molecule has 0 bridgehead atoms. The molecule has 10 aromatic rings. The van der Waals surface area contributed by atoms with E-state index >= 15 is 0 Å². The molecule has 0 unspecified atom stereocenters. The first kappa shape index (κ1) is 36.4. The summed E-state index contributed by atoms with van der Waals surface area (Å²) >= 11 is 0. The van der Waals surface area contributed by atoms with Gasteiger partial charge < -0.3 is 13.9 Å². The zero-order valence-electron chi connectivity index (χ0n) is 34.4. The molecule has 4 aromatic heterocycles. The normalized spacial score (nSPS) is 12.2. The van der Waals surface area contributed by atoms with Gasteiger partial charge in [-0.15, -0.1) is 0 Å². The summed E-state index contributed by atoms with van der Waals surface area (Å²) in [5.41, 5.74) is 15.9. The van der Waals surface area contributed by atoms with E-state index in [1.165, 1.54) is 5.56 Å². The molecule has 0 aliphatic carbocycles. The van der Waals surface area contributed by atoms with E-state index in [1.54, 1.807) is 0 Å². The summed E-state index contributed by atoms with van der Waals surface area (Å²) in [5.74, 6) is 0.897. The van der Waals surface area contributed by atoms with Gasteiger partial charge >= 0.3 is 0 Å². The minimum Gasteiger partial charge on any atom is -0.487 e. The second kappa shape index (κ2) is 13.8. The number of benzene rings is 6. The van der Waals surface area contributed by atoms with Gasteiger partial charge in [-0.3, -0.25) is 9.97 Å². The van der Waals surface area contributed by atoms with E-state index in [-0.39, 0.29) is 5.41 Å². The molecule has 0 saturated carbocycles. The third-order valence-corrected chi connectivity index (χ3v) is 11.3. The third kappa shape index (κ3) is 6.44. The molecule has 5 heteroatoms. The maximum Gasteiger partial charge on any atom is 0.135 e. The van der Waals surface area contributed by atoms with E-state index in [0.29, 0.717) is 0 Å². The zero-order chi connectivity index (χ0) is 40.5. The van der Waals surface area contributed by atoms with Crippen molar-refractivity contribution in [3.05, 3.63) is 176 Å². The maximum absolute atomic E-state index is 6.89. The first-order chi connectivity index (χ1) is 28.5. The van der Waals surface area contributed by atoms with E-state index in [0.717, 1.165) is 94.4 Å². The molecule has 0 radical (unpaired) electrons. The van der Waals surface area contributed by atoms with Gasteiger partial charge in [0.25, 0.3) is 0 Å². The van der Waals surface area contributed by atoms with Crippen molar-refractivity contribution in [1.82, 2.24) is 19.1 Å². The predicted octanol–water partition coefficient (Wildman–Crippen LogP) is 14.1. The molecular formula is C54H46N4O. The van der Waals surface area contributed by atoms with E-state index in [1.807, 2.05) is 24.5 Å². The standard InChI is InChI=1S/C54H46N4O/c1-53(2,3)39-32-44(36-16-8-7-9-17-36)52(59-54(4,5)6)45(33-39)37-26-24-35(25-27-37)38-30-40(57-46-20-12-10-18-42(46)50-48(57)22-14-28-55-50)34-41(31-38)58-47-21-13-11-19-43(47)51-49(58)23-15-29-56-51/h7-34H,1-6H3. The molecule has 0 N–H and O–H groups in total. The molecule has 5 nitrogen and oxygen atoms in total. The van der Waals surface area contributed by atoms with Crippen molar-refractivity contribution >= 4 is 43.9 Å². The number of fused-ring (bicyclic) bond motifs is 6. The van der Waals surface area contributed by atoms with E-state index in [2.05, 4.69) is 196 Å². The lowest BCUT2D eigenvalue weighted by Crippen LogP contribution is -2.24. The van der Waals surface area contributed by atoms with Crippen molar-refractivity contribution in [2.45, 2.75) is 52.6 Å². The number of ether oxygens (including phenoxy) is 1. The predicted molar refractivity (Wildman–Crippen MR) is 246 cm³/mol. The van der Waals surface area contributed by atoms with Crippen LogP contribution in [-0.2, 0) is 5.41 Å². The average molecular weight is 767 g/mol. The summed E-state index contributed by atoms with van der Waals surface area (Å²) in [4.78, 5) is 9.72. The highest BCUT2D eigenvalue weighted by Crippen LogP contribution is 2.45. The minimum atomic E-state index is -0.400. The van der Waals surface area contributed by atoms with Crippen molar-refractivity contribution in [3.8, 4) is 50.5 Å². The lowest BCUT2D eigenvalue weighted by molar-refractivity contribution is 0.132. The van der Waals surface area contributed by atoms with Crippen LogP contribution in [0.5, 0.6) is 5.75 Å². The van der Waals surface area contributed by atoms with Crippen molar-refractivity contribution < 1.29 is 4.74 Å². The summed E-state index contributed by atoms with van der Waals surface area (Å²) in [7, 11) is 0. The molecule has 0 amide bonds. The highest BCUT2D eigenvalue weighted by atomic mass is 16.5. The van der Waals surface area contributed by atoms with Crippen LogP contribution in [0.25, 0.3) is 88.6 Å². The molecule has 10 rings (SSSR count). The minimum absolute atomic E-state index is 0.0695. The van der Waals surface area contributed by atoms with Gasteiger partial charge in [0.05, 0.1) is 33.1 Å². The molecular weight excluding hydrogens is 721 g/mol. The first-order valence-electron chi connectivity index (χ1n) is 20.4. The first-order valence-corrected chi connectivity index (χ1v) is 20.4. The Hall–Kier alpha value is -6.98. The van der Waals surface area contributed by atoms with Crippen LogP contribution >= 0.6 is 0 Å². The Bertz CT molecular complexity index is 2960. The van der Waals surface area contributed by atoms with Crippen LogP contribution in [0.4, 0.5) is 0 Å². The second-order valence-corrected chi connectivity index (χ2v) is 17.5. The Balaban J connectivity index is 1.20. The van der Waals surface area contributed by atoms with Crippen molar-refractivity contribution in [2.75, 3.05) is 0 Å². The number of hydrogen-bond acceptors (Lipinski definition) is 3. The fraction of sp³-hybridized carbons (Fsp3) is 0.148. The Labute approximate surface area is 345 Å². The van der Waals surface area contributed by atoms with Crippen molar-refractivity contribution in [3.63, 3.8) is 0 Å². The summed E-state index contributed by atoms with van der Waals surface area (Å²) < 4.78 is 11.6. The molecule has 0 aliphatic heterocycles. The van der Waals surface area contributed by atoms with Crippen molar-refractivity contribution in [2.24, 2.45) is 0 Å². The molecule has 0 aliphatic rings. The van der Waals surface area contributed by atoms with Gasteiger partial charge in [0.1, 0.15) is 11.4 Å². The Morgan fingerprint density at radius 1 is 0.424 bits per heavy atom. The Morgan fingerprint density at radius 2 is 0.881 bits per heavy atom. The molecule has 288 valence electrons. The summed E-state index contributed by atoms with van der Waals surface area (Å²) in [5, 5.41) is 2.25. The van der Waals surface area contributed by atoms with Crippen LogP contribution in [0, 0.1) is 0 Å². The number of hydrogen-bond donors (Lipinski definition) is 0. The monoisotopic (exact) mass is 766 g/mol. The SMILES string of the molecule is CC(C)(C)Oc1c(-c2ccccc2)cc(C(C)(C)C)cc1-c1ccc(-c2cc(-n3c4ccccc4c4ncccc43)cc(-n3c4ccccc4c4ncccc43)c2)cc1. The third-order valence-electron chi connectivity index (χ3n) is 11.3. The average Bonchev–Trinajstić information content (AvgIpc) is 3.76. The molecule has 59 heavy (non-hydrogen) atoms. The summed E-state index contributed by atoms with van der Waals surface area (Å²) in [6.07, 6.45) is 3.76. The molecule has 4 heterocycles. The van der Waals surface area contributed by atoms with Crippen molar-refractivity contribution in [1.29, 1.82) is 0 Å². The quantitative estimate of drug-likeness (QED) is 0.169. The molecule has 0 saturated heterocycles. The van der Waals surface area contributed by atoms with Crippen LogP contribution in [0.15, 0.2) is 170 Å². The van der Waals surface area contributed by atoms with Gasteiger partial charge in [0.15, 0.2) is 0 Å². The fourth-order valence-corrected chi connectivity index (χ4v) is 8.51. The molecule has 0 fully saturated rings. The number of para-hydroxylation sites is 2. The van der Waals surface area contributed by atoms with Gasteiger partial charge in [-0.1, -0.05) is 112 Å². The number of rotatable bonds is 6. The zero-order valence-corrected chi connectivity index (χ0v) is 34.4. The number of nitrogens with zero attached hydrogens (tertiary/aromatic N) is 4. The second-order valence-electron chi connectivity index (χ2n) is 17.5. The topological polar surface area (TPSA) is 44.9 Å². The Kier molecular flexibility index (Phi) is 8.53. The van der Waals surface area contributed by atoms with Crippen LogP contribution in [-0.4, -0.2) is 24.7 Å². The smallest absolute Gasteiger partial charge is 0.135 e. The lowest BCUT2D eigenvalue weighted by Gasteiger charge is -2.29. The summed E-state index contributed by atoms with van der Waals surface area (Å²) in [6, 6.07) is 56.7. The van der Waals surface area contributed by atoms with Crippen LogP contribution in [0.3, 0.4) is 0 Å². The highest BCUT2D eigenvalue weighted by molar-refractivity contribution is 6.08. The van der Waals surface area contributed by atoms with Crippen LogP contribution in [0.2, 0.25) is 0 Å². The number of pyridine rings is 2. The number of aromatic nitrogens is 4. The van der Waals surface area contributed by atoms with Crippen LogP contribution < -0.4 is 4.74 Å². The van der Waals surface area contributed by atoms with Gasteiger partial charge in [-0.2, -0.15) is 0 Å². The van der Waals surface area contributed by atoms with E-state index < -0.39 is 5.60 Å². The highest BCUT2D eigenvalue weighted by Gasteiger charge is 2.25. The van der Waals surface area contributed by atoms with Gasteiger partial charge in [0, 0.05) is 45.7 Å². The fourth-order valence-electron chi connectivity index (χ4n) is 8.51. The lowest BCUT2D eigenvalue weighted by atomic mass is 9.82. The molecule has 0 spiro atoms. The van der Waals surface area contributed by atoms with Crippen LogP contribution in [0.1, 0.15) is 47.1 Å². The molecule has 6 aromatic carbocycles. The van der Waals surface area contributed by atoms with Gasteiger partial charge in [-0.05, 0) is 121 Å². The van der Waals surface area contributed by atoms with Gasteiger partial charge in [0.2, 0.25) is 0 Å². The largest absolute Gasteiger partial charge is 0.487 e. The van der Waals surface area contributed by atoms with E-state index in [9.17, 15) is 0 Å². The Morgan fingerprint density at radius 3 is 1.39 bits per heavy atom. The summed E-state index contributed by atoms with van der Waals surface area (Å²) in [6.45, 7) is 13.2. The maximum atomic E-state index is 6.89.